The minimum absolute atomic E-state index is 0.00712. The van der Waals surface area contributed by atoms with Crippen LogP contribution in [0.4, 0.5) is 5.95 Å². The fourth-order valence-electron chi connectivity index (χ4n) is 3.21. The smallest absolute Gasteiger partial charge is 0.243 e. The van der Waals surface area contributed by atoms with Crippen LogP contribution in [-0.2, 0) is 4.79 Å². The van der Waals surface area contributed by atoms with E-state index >= 15 is 0 Å². The van der Waals surface area contributed by atoms with Crippen LogP contribution in [0.5, 0.6) is 0 Å². The van der Waals surface area contributed by atoms with E-state index in [0.29, 0.717) is 17.8 Å². The lowest BCUT2D eigenvalue weighted by Crippen LogP contribution is -2.39. The predicted molar refractivity (Wildman–Crippen MR) is 89.6 cm³/mol. The third-order valence-corrected chi connectivity index (χ3v) is 5.01. The standard InChI is InChI=1S/C17H22N6O2/c1-11(16-20-14(22-25-16)12-3-4-12)23-9-5-13(6-10-23)15(24)21-17-18-7-2-8-19-17/h2,7-8,11-13H,3-6,9-10H2,1H3,(H,18,19,21,24)/t11-/m1/s1. The Kier molecular flexibility index (Phi) is 4.44. The molecular formula is C17H22N6O2. The summed E-state index contributed by atoms with van der Waals surface area (Å²) >= 11 is 0. The van der Waals surface area contributed by atoms with Crippen LogP contribution in [0, 0.1) is 5.92 Å². The van der Waals surface area contributed by atoms with Crippen LogP contribution in [-0.4, -0.2) is 44.0 Å². The van der Waals surface area contributed by atoms with Crippen molar-refractivity contribution in [2.45, 2.75) is 44.6 Å². The quantitative estimate of drug-likeness (QED) is 0.889. The van der Waals surface area contributed by atoms with Crippen molar-refractivity contribution in [1.82, 2.24) is 25.0 Å². The molecule has 25 heavy (non-hydrogen) atoms. The number of hydrogen-bond donors (Lipinski definition) is 1. The maximum Gasteiger partial charge on any atom is 0.243 e. The molecule has 4 rings (SSSR count). The molecule has 0 aromatic carbocycles. The third kappa shape index (κ3) is 3.68. The van der Waals surface area contributed by atoms with Gasteiger partial charge in [0.1, 0.15) is 0 Å². The molecule has 1 aliphatic carbocycles. The van der Waals surface area contributed by atoms with Gasteiger partial charge in [-0.3, -0.25) is 15.0 Å². The van der Waals surface area contributed by atoms with Crippen LogP contribution in [0.2, 0.25) is 0 Å². The highest BCUT2D eigenvalue weighted by Crippen LogP contribution is 2.38. The molecular weight excluding hydrogens is 320 g/mol. The largest absolute Gasteiger partial charge is 0.338 e. The van der Waals surface area contributed by atoms with Crippen LogP contribution in [0.25, 0.3) is 0 Å². The molecule has 2 aliphatic rings. The van der Waals surface area contributed by atoms with Gasteiger partial charge in [0, 0.05) is 24.2 Å². The van der Waals surface area contributed by atoms with Gasteiger partial charge in [0.25, 0.3) is 0 Å². The van der Waals surface area contributed by atoms with E-state index in [1.165, 1.54) is 12.8 Å². The second-order valence-corrected chi connectivity index (χ2v) is 6.81. The van der Waals surface area contributed by atoms with Gasteiger partial charge in [-0.15, -0.1) is 0 Å². The molecule has 0 bridgehead atoms. The first-order valence-electron chi connectivity index (χ1n) is 8.86. The van der Waals surface area contributed by atoms with Crippen molar-refractivity contribution in [2.24, 2.45) is 5.92 Å². The first kappa shape index (κ1) is 16.1. The molecule has 8 heteroatoms. The summed E-state index contributed by atoms with van der Waals surface area (Å²) < 4.78 is 5.44. The average molecular weight is 342 g/mol. The van der Waals surface area contributed by atoms with Crippen molar-refractivity contribution < 1.29 is 9.32 Å². The number of hydrogen-bond acceptors (Lipinski definition) is 7. The van der Waals surface area contributed by atoms with Gasteiger partial charge in [0.05, 0.1) is 6.04 Å². The molecule has 2 fully saturated rings. The van der Waals surface area contributed by atoms with Gasteiger partial charge in [-0.05, 0) is 51.8 Å². The molecule has 2 aromatic heterocycles. The molecule has 1 saturated carbocycles. The number of amides is 1. The zero-order chi connectivity index (χ0) is 17.2. The lowest BCUT2D eigenvalue weighted by molar-refractivity contribution is -0.121. The molecule has 0 unspecified atom stereocenters. The highest BCUT2D eigenvalue weighted by Gasteiger charge is 2.32. The van der Waals surface area contributed by atoms with Crippen LogP contribution in [0.1, 0.15) is 56.3 Å². The zero-order valence-corrected chi connectivity index (χ0v) is 14.3. The minimum atomic E-state index is -0.0167. The second-order valence-electron chi connectivity index (χ2n) is 6.81. The number of carbonyl (C=O) groups excluding carboxylic acids is 1. The van der Waals surface area contributed by atoms with E-state index in [-0.39, 0.29) is 17.9 Å². The van der Waals surface area contributed by atoms with Crippen molar-refractivity contribution in [3.05, 3.63) is 30.2 Å². The first-order chi connectivity index (χ1) is 12.2. The SMILES string of the molecule is C[C@H](c1nc(C2CC2)no1)N1CCC(C(=O)Nc2ncccn2)CC1. The number of piperidine rings is 1. The molecule has 2 aromatic rings. The number of nitrogens with one attached hydrogen (secondary N) is 1. The highest BCUT2D eigenvalue weighted by molar-refractivity contribution is 5.90. The van der Waals surface area contributed by atoms with E-state index in [0.717, 1.165) is 31.8 Å². The van der Waals surface area contributed by atoms with Gasteiger partial charge in [-0.2, -0.15) is 4.98 Å². The van der Waals surface area contributed by atoms with Gasteiger partial charge in [0.2, 0.25) is 17.7 Å². The van der Waals surface area contributed by atoms with Gasteiger partial charge >= 0.3 is 0 Å². The zero-order valence-electron chi connectivity index (χ0n) is 14.3. The summed E-state index contributed by atoms with van der Waals surface area (Å²) in [5.74, 6) is 2.37. The van der Waals surface area contributed by atoms with Gasteiger partial charge in [0.15, 0.2) is 5.82 Å². The summed E-state index contributed by atoms with van der Waals surface area (Å²) in [5.41, 5.74) is 0. The van der Waals surface area contributed by atoms with E-state index in [1.807, 2.05) is 0 Å². The predicted octanol–water partition coefficient (Wildman–Crippen LogP) is 2.15. The van der Waals surface area contributed by atoms with Crippen LogP contribution in [0.3, 0.4) is 0 Å². The van der Waals surface area contributed by atoms with Crippen molar-refractivity contribution in [3.8, 4) is 0 Å². The lowest BCUT2D eigenvalue weighted by atomic mass is 9.95. The fraction of sp³-hybridized carbons (Fsp3) is 0.588. The van der Waals surface area contributed by atoms with Crippen molar-refractivity contribution in [2.75, 3.05) is 18.4 Å². The lowest BCUT2D eigenvalue weighted by Gasteiger charge is -2.33. The molecule has 0 radical (unpaired) electrons. The summed E-state index contributed by atoms with van der Waals surface area (Å²) in [7, 11) is 0. The molecule has 3 heterocycles. The topological polar surface area (TPSA) is 97.0 Å². The number of likely N-dealkylation sites (tertiary alicyclic amines) is 1. The molecule has 8 nitrogen and oxygen atoms in total. The first-order valence-corrected chi connectivity index (χ1v) is 8.86. The Labute approximate surface area is 146 Å². The maximum absolute atomic E-state index is 12.3. The monoisotopic (exact) mass is 342 g/mol. The molecule has 1 amide bonds. The highest BCUT2D eigenvalue weighted by atomic mass is 16.5. The number of aromatic nitrogens is 4. The maximum atomic E-state index is 12.3. The van der Waals surface area contributed by atoms with Crippen molar-refractivity contribution in [3.63, 3.8) is 0 Å². The number of nitrogens with zero attached hydrogens (tertiary/aromatic N) is 5. The third-order valence-electron chi connectivity index (χ3n) is 5.01. The summed E-state index contributed by atoms with van der Waals surface area (Å²) in [4.78, 5) is 27.3. The molecule has 132 valence electrons. The number of rotatable bonds is 5. The Hall–Kier alpha value is -2.35. The van der Waals surface area contributed by atoms with Crippen molar-refractivity contribution in [1.29, 1.82) is 0 Å². The summed E-state index contributed by atoms with van der Waals surface area (Å²) in [5, 5.41) is 6.88. The molecule has 0 spiro atoms. The van der Waals surface area contributed by atoms with Crippen LogP contribution < -0.4 is 5.32 Å². The summed E-state index contributed by atoms with van der Waals surface area (Å²) in [6, 6.07) is 1.81. The molecule has 1 N–H and O–H groups in total. The van der Waals surface area contributed by atoms with Crippen LogP contribution >= 0.6 is 0 Å². The Balaban J connectivity index is 1.30. The molecule has 1 aliphatic heterocycles. The second kappa shape index (κ2) is 6.87. The van der Waals surface area contributed by atoms with E-state index < -0.39 is 0 Å². The Morgan fingerprint density at radius 1 is 1.24 bits per heavy atom. The number of anilines is 1. The summed E-state index contributed by atoms with van der Waals surface area (Å²) in [6.07, 6.45) is 7.16. The van der Waals surface area contributed by atoms with E-state index in [9.17, 15) is 4.79 Å². The minimum Gasteiger partial charge on any atom is -0.338 e. The van der Waals surface area contributed by atoms with Gasteiger partial charge in [-0.1, -0.05) is 5.16 Å². The number of carbonyl (C=O) groups is 1. The fourth-order valence-corrected chi connectivity index (χ4v) is 3.21. The van der Waals surface area contributed by atoms with Crippen LogP contribution in [0.15, 0.2) is 23.0 Å². The Morgan fingerprint density at radius 2 is 1.96 bits per heavy atom. The average Bonchev–Trinajstić information content (AvgIpc) is 3.39. The Morgan fingerprint density at radius 3 is 2.64 bits per heavy atom. The van der Waals surface area contributed by atoms with E-state index in [4.69, 9.17) is 4.52 Å². The van der Waals surface area contributed by atoms with E-state index in [2.05, 4.69) is 37.2 Å². The molecule has 1 saturated heterocycles. The van der Waals surface area contributed by atoms with Crippen molar-refractivity contribution >= 4 is 11.9 Å². The van der Waals surface area contributed by atoms with E-state index in [1.54, 1.807) is 18.5 Å². The van der Waals surface area contributed by atoms with Gasteiger partial charge < -0.3 is 4.52 Å². The Bertz CT molecular complexity index is 722. The molecule has 1 atom stereocenters. The normalized spacial score (nSPS) is 20.4. The summed E-state index contributed by atoms with van der Waals surface area (Å²) in [6.45, 7) is 3.74. The van der Waals surface area contributed by atoms with Gasteiger partial charge in [-0.25, -0.2) is 9.97 Å².